The summed E-state index contributed by atoms with van der Waals surface area (Å²) in [5.41, 5.74) is 8.67. The van der Waals surface area contributed by atoms with E-state index >= 15 is 0 Å². The van der Waals surface area contributed by atoms with Gasteiger partial charge in [0.15, 0.2) is 0 Å². The lowest BCUT2D eigenvalue weighted by Gasteiger charge is -2.14. The van der Waals surface area contributed by atoms with E-state index in [1.807, 2.05) is 35.8 Å². The third kappa shape index (κ3) is 2.39. The predicted molar refractivity (Wildman–Crippen MR) is 80.9 cm³/mol. The number of aryl methyl sites for hydroxylation is 1. The second kappa shape index (κ2) is 5.29. The van der Waals surface area contributed by atoms with E-state index in [1.165, 1.54) is 4.31 Å². The van der Waals surface area contributed by atoms with Gasteiger partial charge in [-0.15, -0.1) is 0 Å². The van der Waals surface area contributed by atoms with Crippen molar-refractivity contribution in [3.8, 4) is 0 Å². The molecule has 1 aliphatic heterocycles. The maximum absolute atomic E-state index is 12.8. The molecule has 1 aromatic carbocycles. The van der Waals surface area contributed by atoms with Gasteiger partial charge >= 0.3 is 0 Å². The van der Waals surface area contributed by atoms with Crippen LogP contribution in [0.4, 0.5) is 0 Å². The summed E-state index contributed by atoms with van der Waals surface area (Å²) in [5.74, 6) is 0. The van der Waals surface area contributed by atoms with E-state index in [-0.39, 0.29) is 0 Å². The molecule has 0 unspecified atom stereocenters. The van der Waals surface area contributed by atoms with Gasteiger partial charge in [-0.3, -0.25) is 0 Å². The van der Waals surface area contributed by atoms with E-state index in [0.29, 0.717) is 31.1 Å². The summed E-state index contributed by atoms with van der Waals surface area (Å²) in [4.78, 5) is 0.331. The lowest BCUT2D eigenvalue weighted by Crippen LogP contribution is -2.25. The highest BCUT2D eigenvalue weighted by Crippen LogP contribution is 2.29. The van der Waals surface area contributed by atoms with E-state index in [4.69, 9.17) is 5.73 Å². The Morgan fingerprint density at radius 2 is 1.81 bits per heavy atom. The topological polar surface area (TPSA) is 68.3 Å². The summed E-state index contributed by atoms with van der Waals surface area (Å²) in [6.07, 6.45) is 1.68. The molecule has 21 heavy (non-hydrogen) atoms. The molecular weight excluding hydrogens is 286 g/mol. The quantitative estimate of drug-likeness (QED) is 0.934. The van der Waals surface area contributed by atoms with Crippen molar-refractivity contribution in [1.29, 1.82) is 0 Å². The first-order valence-electron chi connectivity index (χ1n) is 7.02. The van der Waals surface area contributed by atoms with Gasteiger partial charge < -0.3 is 10.3 Å². The third-order valence-electron chi connectivity index (χ3n) is 3.96. The van der Waals surface area contributed by atoms with Crippen LogP contribution in [-0.4, -0.2) is 17.3 Å². The van der Waals surface area contributed by atoms with Gasteiger partial charge in [0.25, 0.3) is 0 Å². The molecule has 0 fully saturated rings. The van der Waals surface area contributed by atoms with E-state index in [1.54, 1.807) is 12.3 Å². The van der Waals surface area contributed by atoms with Gasteiger partial charge in [-0.1, -0.05) is 24.3 Å². The van der Waals surface area contributed by atoms with E-state index in [2.05, 4.69) is 0 Å². The van der Waals surface area contributed by atoms with E-state index in [0.717, 1.165) is 16.8 Å². The molecule has 3 rings (SSSR count). The van der Waals surface area contributed by atoms with Gasteiger partial charge in [0.2, 0.25) is 10.0 Å². The number of rotatable bonds is 4. The number of aromatic nitrogens is 1. The Morgan fingerprint density at radius 1 is 1.19 bits per heavy atom. The predicted octanol–water partition coefficient (Wildman–Crippen LogP) is 1.67. The molecule has 2 aromatic rings. The van der Waals surface area contributed by atoms with Crippen molar-refractivity contribution in [2.45, 2.75) is 38.0 Å². The SMILES string of the molecule is CCn1cc(S(=O)(=O)N2Cc3ccccc3C2)cc1CN. The van der Waals surface area contributed by atoms with Crippen LogP contribution >= 0.6 is 0 Å². The molecule has 0 spiro atoms. The highest BCUT2D eigenvalue weighted by atomic mass is 32.2. The van der Waals surface area contributed by atoms with Crippen LogP contribution in [0.15, 0.2) is 41.4 Å². The monoisotopic (exact) mass is 305 g/mol. The Morgan fingerprint density at radius 3 is 2.29 bits per heavy atom. The van der Waals surface area contributed by atoms with Crippen molar-refractivity contribution in [3.63, 3.8) is 0 Å². The normalized spacial score (nSPS) is 15.3. The number of sulfonamides is 1. The molecule has 2 heterocycles. The fourth-order valence-corrected chi connectivity index (χ4v) is 4.22. The zero-order valence-electron chi connectivity index (χ0n) is 12.0. The largest absolute Gasteiger partial charge is 0.349 e. The zero-order valence-corrected chi connectivity index (χ0v) is 12.8. The summed E-state index contributed by atoms with van der Waals surface area (Å²) in [6, 6.07) is 9.52. The van der Waals surface area contributed by atoms with Crippen LogP contribution in [0.3, 0.4) is 0 Å². The minimum atomic E-state index is -3.47. The molecule has 112 valence electrons. The molecule has 1 aliphatic rings. The average molecular weight is 305 g/mol. The van der Waals surface area contributed by atoms with Crippen LogP contribution < -0.4 is 5.73 Å². The number of hydrogen-bond donors (Lipinski definition) is 1. The van der Waals surface area contributed by atoms with Crippen molar-refractivity contribution in [1.82, 2.24) is 8.87 Å². The van der Waals surface area contributed by atoms with Crippen molar-refractivity contribution < 1.29 is 8.42 Å². The Kier molecular flexibility index (Phi) is 3.61. The molecule has 0 atom stereocenters. The second-order valence-corrected chi connectivity index (χ2v) is 7.14. The Hall–Kier alpha value is -1.63. The maximum atomic E-state index is 12.8. The van der Waals surface area contributed by atoms with Crippen molar-refractivity contribution in [2.75, 3.05) is 0 Å². The molecule has 0 radical (unpaired) electrons. The molecular formula is C15H19N3O2S. The summed E-state index contributed by atoms with van der Waals surface area (Å²) in [5, 5.41) is 0. The second-order valence-electron chi connectivity index (χ2n) is 5.20. The van der Waals surface area contributed by atoms with Gasteiger partial charge in [0.05, 0.1) is 0 Å². The molecule has 0 aliphatic carbocycles. The molecule has 1 aromatic heterocycles. The molecule has 6 heteroatoms. The molecule has 0 amide bonds. The number of nitrogens with two attached hydrogens (primary N) is 1. The van der Waals surface area contributed by atoms with E-state index in [9.17, 15) is 8.42 Å². The highest BCUT2D eigenvalue weighted by Gasteiger charge is 2.31. The van der Waals surface area contributed by atoms with Crippen LogP contribution in [0.5, 0.6) is 0 Å². The van der Waals surface area contributed by atoms with Crippen LogP contribution in [0, 0.1) is 0 Å². The van der Waals surface area contributed by atoms with Crippen molar-refractivity contribution in [2.24, 2.45) is 5.73 Å². The van der Waals surface area contributed by atoms with Gasteiger partial charge in [0.1, 0.15) is 4.90 Å². The molecule has 0 bridgehead atoms. The fourth-order valence-electron chi connectivity index (χ4n) is 2.75. The van der Waals surface area contributed by atoms with Crippen molar-refractivity contribution >= 4 is 10.0 Å². The number of hydrogen-bond acceptors (Lipinski definition) is 3. The number of nitrogens with zero attached hydrogens (tertiary/aromatic N) is 2. The Balaban J connectivity index is 1.94. The first-order valence-corrected chi connectivity index (χ1v) is 8.46. The molecule has 2 N–H and O–H groups in total. The van der Waals surface area contributed by atoms with Crippen LogP contribution in [0.2, 0.25) is 0 Å². The van der Waals surface area contributed by atoms with Crippen LogP contribution in [0.25, 0.3) is 0 Å². The Bertz CT molecular complexity index is 718. The standard InChI is InChI=1S/C15H19N3O2S/c1-2-17-11-15(7-14(17)8-16)21(19,20)18-9-12-5-3-4-6-13(12)10-18/h3-7,11H,2,8-10,16H2,1H3. The average Bonchev–Trinajstić information content (AvgIpc) is 3.11. The Labute approximate surface area is 125 Å². The van der Waals surface area contributed by atoms with Crippen molar-refractivity contribution in [3.05, 3.63) is 53.3 Å². The fraction of sp³-hybridized carbons (Fsp3) is 0.333. The summed E-state index contributed by atoms with van der Waals surface area (Å²) in [6.45, 7) is 3.90. The first kappa shape index (κ1) is 14.3. The lowest BCUT2D eigenvalue weighted by atomic mass is 10.1. The first-order chi connectivity index (χ1) is 10.1. The summed E-state index contributed by atoms with van der Waals surface area (Å²) < 4.78 is 29.0. The smallest absolute Gasteiger partial charge is 0.245 e. The molecule has 0 saturated carbocycles. The molecule has 0 saturated heterocycles. The van der Waals surface area contributed by atoms with Gasteiger partial charge in [-0.05, 0) is 24.1 Å². The third-order valence-corrected chi connectivity index (χ3v) is 5.72. The minimum Gasteiger partial charge on any atom is -0.349 e. The zero-order chi connectivity index (χ0) is 15.0. The summed E-state index contributed by atoms with van der Waals surface area (Å²) >= 11 is 0. The number of fused-ring (bicyclic) bond motifs is 1. The highest BCUT2D eigenvalue weighted by molar-refractivity contribution is 7.89. The van der Waals surface area contributed by atoms with E-state index < -0.39 is 10.0 Å². The molecule has 5 nitrogen and oxygen atoms in total. The van der Waals surface area contributed by atoms with Crippen LogP contribution in [0.1, 0.15) is 23.7 Å². The maximum Gasteiger partial charge on any atom is 0.245 e. The lowest BCUT2D eigenvalue weighted by molar-refractivity contribution is 0.431. The summed E-state index contributed by atoms with van der Waals surface area (Å²) in [7, 11) is -3.47. The van der Waals surface area contributed by atoms with Crippen LogP contribution in [-0.2, 0) is 36.2 Å². The minimum absolute atomic E-state index is 0.331. The van der Waals surface area contributed by atoms with Gasteiger partial charge in [-0.25, -0.2) is 8.42 Å². The number of benzene rings is 1. The van der Waals surface area contributed by atoms with Gasteiger partial charge in [-0.2, -0.15) is 4.31 Å². The van der Waals surface area contributed by atoms with Gasteiger partial charge in [0, 0.05) is 38.1 Å².